The zero-order valence-corrected chi connectivity index (χ0v) is 6.41. The Morgan fingerprint density at radius 3 is 2.91 bits per heavy atom. The standard InChI is InChI=1S/C6H11N5/c1-9-6(11-10-2)5(8)3-4-7/h5H,2-3,8H2,1H3,(H,9,11). The zero-order chi connectivity index (χ0) is 8.69. The van der Waals surface area contributed by atoms with Crippen molar-refractivity contribution in [2.75, 3.05) is 7.05 Å². The minimum Gasteiger partial charge on any atom is -0.321 e. The molecule has 0 rings (SSSR count). The molecule has 5 nitrogen and oxygen atoms in total. The molecule has 0 aliphatic carbocycles. The number of amidine groups is 1. The van der Waals surface area contributed by atoms with Gasteiger partial charge in [0, 0.05) is 13.8 Å². The SMILES string of the molecule is C=NNC(=NC)C(N)CC#N. The van der Waals surface area contributed by atoms with Crippen LogP contribution in [0.4, 0.5) is 0 Å². The fourth-order valence-electron chi connectivity index (χ4n) is 0.575. The van der Waals surface area contributed by atoms with Crippen LogP contribution < -0.4 is 11.2 Å². The second-order valence-corrected chi connectivity index (χ2v) is 1.85. The highest BCUT2D eigenvalue weighted by molar-refractivity contribution is 5.87. The van der Waals surface area contributed by atoms with Gasteiger partial charge in [-0.05, 0) is 0 Å². The summed E-state index contributed by atoms with van der Waals surface area (Å²) in [7, 11) is 1.57. The third kappa shape index (κ3) is 3.33. The number of nitrogens with two attached hydrogens (primary N) is 1. The molecule has 60 valence electrons. The van der Waals surface area contributed by atoms with Gasteiger partial charge < -0.3 is 5.73 Å². The van der Waals surface area contributed by atoms with Crippen LogP contribution in [0.2, 0.25) is 0 Å². The van der Waals surface area contributed by atoms with Crippen LogP contribution in [0.3, 0.4) is 0 Å². The van der Waals surface area contributed by atoms with E-state index in [0.717, 1.165) is 0 Å². The molecule has 0 fully saturated rings. The van der Waals surface area contributed by atoms with Gasteiger partial charge in [0.25, 0.3) is 0 Å². The largest absolute Gasteiger partial charge is 0.321 e. The summed E-state index contributed by atoms with van der Waals surface area (Å²) in [6.45, 7) is 3.21. The van der Waals surface area contributed by atoms with Gasteiger partial charge in [-0.3, -0.25) is 10.4 Å². The maximum absolute atomic E-state index is 8.29. The summed E-state index contributed by atoms with van der Waals surface area (Å²) in [4.78, 5) is 3.79. The smallest absolute Gasteiger partial charge is 0.135 e. The van der Waals surface area contributed by atoms with E-state index in [1.165, 1.54) is 0 Å². The number of hydrazone groups is 1. The molecule has 0 aliphatic rings. The molecular formula is C6H11N5. The van der Waals surface area contributed by atoms with E-state index in [9.17, 15) is 0 Å². The monoisotopic (exact) mass is 153 g/mol. The molecule has 0 spiro atoms. The summed E-state index contributed by atoms with van der Waals surface area (Å²) in [5.74, 6) is 0.474. The van der Waals surface area contributed by atoms with Crippen LogP contribution in [-0.2, 0) is 0 Å². The van der Waals surface area contributed by atoms with E-state index in [1.54, 1.807) is 7.05 Å². The molecule has 11 heavy (non-hydrogen) atoms. The number of hydrogen-bond acceptors (Lipinski definition) is 4. The number of aliphatic imine (C=N–C) groups is 1. The van der Waals surface area contributed by atoms with E-state index < -0.39 is 6.04 Å². The molecule has 0 radical (unpaired) electrons. The Kier molecular flexibility index (Phi) is 4.69. The third-order valence-corrected chi connectivity index (χ3v) is 1.10. The predicted molar refractivity (Wildman–Crippen MR) is 44.2 cm³/mol. The summed E-state index contributed by atoms with van der Waals surface area (Å²) in [6, 6.07) is 1.53. The molecule has 0 amide bonds. The second kappa shape index (κ2) is 5.38. The van der Waals surface area contributed by atoms with Gasteiger partial charge in [0.1, 0.15) is 5.84 Å². The van der Waals surface area contributed by atoms with E-state index in [4.69, 9.17) is 11.0 Å². The quantitative estimate of drug-likeness (QED) is 0.324. The number of hydrogen-bond donors (Lipinski definition) is 2. The van der Waals surface area contributed by atoms with Crippen molar-refractivity contribution in [2.24, 2.45) is 15.8 Å². The van der Waals surface area contributed by atoms with Crippen LogP contribution in [-0.4, -0.2) is 25.6 Å². The van der Waals surface area contributed by atoms with Crippen molar-refractivity contribution in [1.29, 1.82) is 5.26 Å². The van der Waals surface area contributed by atoms with Crippen LogP contribution in [0, 0.1) is 11.3 Å². The average molecular weight is 153 g/mol. The van der Waals surface area contributed by atoms with Crippen molar-refractivity contribution >= 4 is 12.6 Å². The summed E-state index contributed by atoms with van der Waals surface area (Å²) in [6.07, 6.45) is 0.217. The van der Waals surface area contributed by atoms with E-state index >= 15 is 0 Å². The molecule has 0 aromatic rings. The first-order valence-electron chi connectivity index (χ1n) is 3.07. The van der Waals surface area contributed by atoms with E-state index in [1.807, 2.05) is 6.07 Å². The van der Waals surface area contributed by atoms with Crippen molar-refractivity contribution < 1.29 is 0 Å². The van der Waals surface area contributed by atoms with Crippen LogP contribution in [0.1, 0.15) is 6.42 Å². The van der Waals surface area contributed by atoms with Gasteiger partial charge in [-0.2, -0.15) is 10.4 Å². The van der Waals surface area contributed by atoms with Crippen molar-refractivity contribution in [3.8, 4) is 6.07 Å². The fraction of sp³-hybridized carbons (Fsp3) is 0.500. The van der Waals surface area contributed by atoms with E-state index in [-0.39, 0.29) is 6.42 Å². The lowest BCUT2D eigenvalue weighted by Crippen LogP contribution is -2.38. The Balaban J connectivity index is 4.05. The third-order valence-electron chi connectivity index (χ3n) is 1.10. The summed E-state index contributed by atoms with van der Waals surface area (Å²) in [5.41, 5.74) is 8.03. The molecule has 0 heterocycles. The summed E-state index contributed by atoms with van der Waals surface area (Å²) < 4.78 is 0. The first-order chi connectivity index (χ1) is 5.26. The molecule has 5 heteroatoms. The molecule has 0 aliphatic heterocycles. The highest BCUT2D eigenvalue weighted by Crippen LogP contribution is 1.87. The Morgan fingerprint density at radius 2 is 2.55 bits per heavy atom. The maximum Gasteiger partial charge on any atom is 0.135 e. The topological polar surface area (TPSA) is 86.6 Å². The fourth-order valence-corrected chi connectivity index (χ4v) is 0.575. The molecule has 1 unspecified atom stereocenters. The zero-order valence-electron chi connectivity index (χ0n) is 6.41. The lowest BCUT2D eigenvalue weighted by Gasteiger charge is -2.08. The van der Waals surface area contributed by atoms with Gasteiger partial charge in [0.2, 0.25) is 0 Å². The molecular weight excluding hydrogens is 142 g/mol. The van der Waals surface area contributed by atoms with Crippen molar-refractivity contribution in [2.45, 2.75) is 12.5 Å². The summed E-state index contributed by atoms with van der Waals surface area (Å²) >= 11 is 0. The molecule has 0 aromatic heterocycles. The van der Waals surface area contributed by atoms with Crippen molar-refractivity contribution in [3.05, 3.63) is 0 Å². The van der Waals surface area contributed by atoms with Gasteiger partial charge in [0.15, 0.2) is 0 Å². The van der Waals surface area contributed by atoms with Crippen LogP contribution >= 0.6 is 0 Å². The maximum atomic E-state index is 8.29. The lowest BCUT2D eigenvalue weighted by molar-refractivity contribution is 0.825. The molecule has 1 atom stereocenters. The number of rotatable bonds is 3. The molecule has 0 saturated heterocycles. The normalized spacial score (nSPS) is 13.4. The molecule has 0 aromatic carbocycles. The van der Waals surface area contributed by atoms with E-state index in [0.29, 0.717) is 5.84 Å². The van der Waals surface area contributed by atoms with Gasteiger partial charge in [-0.15, -0.1) is 0 Å². The van der Waals surface area contributed by atoms with Gasteiger partial charge in [-0.25, -0.2) is 0 Å². The second-order valence-electron chi connectivity index (χ2n) is 1.85. The minimum atomic E-state index is -0.407. The van der Waals surface area contributed by atoms with Crippen molar-refractivity contribution in [1.82, 2.24) is 5.43 Å². The van der Waals surface area contributed by atoms with Crippen LogP contribution in [0.25, 0.3) is 0 Å². The first-order valence-corrected chi connectivity index (χ1v) is 3.07. The first kappa shape index (κ1) is 9.59. The molecule has 3 N–H and O–H groups in total. The summed E-state index contributed by atoms with van der Waals surface area (Å²) in [5, 5.41) is 11.7. The Hall–Kier alpha value is -1.41. The van der Waals surface area contributed by atoms with Gasteiger partial charge in [-0.1, -0.05) is 0 Å². The van der Waals surface area contributed by atoms with Crippen molar-refractivity contribution in [3.63, 3.8) is 0 Å². The Bertz CT molecular complexity index is 190. The molecule has 0 saturated carbocycles. The Morgan fingerprint density at radius 1 is 1.91 bits per heavy atom. The number of nitrogens with zero attached hydrogens (tertiary/aromatic N) is 3. The van der Waals surface area contributed by atoms with Crippen LogP contribution in [0.5, 0.6) is 0 Å². The van der Waals surface area contributed by atoms with Crippen LogP contribution in [0.15, 0.2) is 10.1 Å². The van der Waals surface area contributed by atoms with E-state index in [2.05, 4.69) is 22.2 Å². The predicted octanol–water partition coefficient (Wildman–Crippen LogP) is -0.539. The van der Waals surface area contributed by atoms with Gasteiger partial charge in [0.05, 0.1) is 18.5 Å². The Labute approximate surface area is 65.6 Å². The average Bonchev–Trinajstić information content (AvgIpc) is 2.00. The highest BCUT2D eigenvalue weighted by atomic mass is 15.3. The highest BCUT2D eigenvalue weighted by Gasteiger charge is 2.07. The van der Waals surface area contributed by atoms with Gasteiger partial charge >= 0.3 is 0 Å². The molecule has 0 bridgehead atoms. The minimum absolute atomic E-state index is 0.217. The number of nitrogens with one attached hydrogen (secondary N) is 1. The lowest BCUT2D eigenvalue weighted by atomic mass is 10.2. The number of nitriles is 1.